The quantitative estimate of drug-likeness (QED) is 0.483. The van der Waals surface area contributed by atoms with Crippen LogP contribution in [0.25, 0.3) is 0 Å². The minimum atomic E-state index is -0.913. The third kappa shape index (κ3) is 18.1. The Morgan fingerprint density at radius 1 is 1.07 bits per heavy atom. The van der Waals surface area contributed by atoms with Crippen LogP contribution in [0.5, 0.6) is 0 Å². The highest BCUT2D eigenvalue weighted by atomic mass is 35.7. The topological polar surface area (TPSA) is 40.1 Å². The van der Waals surface area contributed by atoms with Gasteiger partial charge in [-0.2, -0.15) is 0 Å². The van der Waals surface area contributed by atoms with Crippen LogP contribution in [0.2, 0.25) is 0 Å². The van der Waals surface area contributed by atoms with Gasteiger partial charge in [-0.1, -0.05) is 45.4 Å². The molecular formula is C10H22ClO2P. The first-order valence-corrected chi connectivity index (χ1v) is 7.37. The average molecular weight is 241 g/mol. The fraction of sp³-hybridized carbons (Fsp3) is 0.900. The van der Waals surface area contributed by atoms with E-state index in [1.165, 1.54) is 40.7 Å². The van der Waals surface area contributed by atoms with E-state index >= 15 is 0 Å². The lowest BCUT2D eigenvalue weighted by Crippen LogP contribution is -2.21. The number of hydrogen-bond acceptors (Lipinski definition) is 2. The zero-order valence-corrected chi connectivity index (χ0v) is 11.2. The molecular weight excluding hydrogens is 219 g/mol. The smallest absolute Gasteiger partial charge is 0.0772 e. The van der Waals surface area contributed by atoms with Crippen LogP contribution in [0, 0.1) is 0 Å². The minimum absolute atomic E-state index is 0.230. The maximum Gasteiger partial charge on any atom is 0.0772 e. The van der Waals surface area contributed by atoms with E-state index in [1.807, 2.05) is 0 Å². The summed E-state index contributed by atoms with van der Waals surface area (Å²) in [6.07, 6.45) is 8.34. The first-order valence-electron chi connectivity index (χ1n) is 5.24. The van der Waals surface area contributed by atoms with Crippen molar-refractivity contribution in [3.63, 3.8) is 0 Å². The fourth-order valence-corrected chi connectivity index (χ4v) is 1.23. The van der Waals surface area contributed by atoms with E-state index in [0.717, 1.165) is 12.8 Å². The van der Waals surface area contributed by atoms with Crippen LogP contribution < -0.4 is 5.11 Å². The molecule has 0 rings (SSSR count). The van der Waals surface area contributed by atoms with Gasteiger partial charge in [0.05, 0.1) is 19.8 Å². The minimum Gasteiger partial charge on any atom is -0.550 e. The monoisotopic (exact) mass is 240 g/mol. The Balaban J connectivity index is 0. The molecule has 4 heteroatoms. The number of carbonyl (C=O) groups is 1. The Morgan fingerprint density at radius 2 is 1.50 bits per heavy atom. The molecule has 1 atom stereocenters. The van der Waals surface area contributed by atoms with Gasteiger partial charge in [0.25, 0.3) is 0 Å². The standard InChI is InChI=1S/C10H20O2.ClH2P/c1-2-3-4-5-6-7-8-9-10(11)12;1-2/h2-9H2,1H3,(H,11,12);2H2. The predicted molar refractivity (Wildman–Crippen MR) is 64.6 cm³/mol. The summed E-state index contributed by atoms with van der Waals surface area (Å²) in [6, 6.07) is 0. The highest BCUT2D eigenvalue weighted by Crippen LogP contribution is 2.07. The highest BCUT2D eigenvalue weighted by Gasteiger charge is 1.90. The van der Waals surface area contributed by atoms with Crippen molar-refractivity contribution in [2.75, 3.05) is 0 Å². The number of carboxylic acids is 1. The lowest BCUT2D eigenvalue weighted by atomic mass is 10.1. The number of rotatable bonds is 8. The summed E-state index contributed by atoms with van der Waals surface area (Å²) in [6.45, 7) is 2.19. The Hall–Kier alpha value is 0.190. The van der Waals surface area contributed by atoms with Crippen molar-refractivity contribution in [1.29, 1.82) is 0 Å². The summed E-state index contributed by atoms with van der Waals surface area (Å²) < 4.78 is 0. The molecule has 0 fully saturated rings. The van der Waals surface area contributed by atoms with Gasteiger partial charge >= 0.3 is 0 Å². The van der Waals surface area contributed by atoms with Gasteiger partial charge in [-0.3, -0.25) is 0 Å². The lowest BCUT2D eigenvalue weighted by molar-refractivity contribution is -0.305. The second kappa shape index (κ2) is 15.7. The van der Waals surface area contributed by atoms with Crippen LogP contribution in [-0.4, -0.2) is 5.97 Å². The fourth-order valence-electron chi connectivity index (χ4n) is 1.23. The summed E-state index contributed by atoms with van der Waals surface area (Å²) in [5.41, 5.74) is 0. The van der Waals surface area contributed by atoms with Crippen molar-refractivity contribution in [3.05, 3.63) is 0 Å². The molecule has 0 saturated carbocycles. The van der Waals surface area contributed by atoms with Gasteiger partial charge in [-0.15, -0.1) is 0 Å². The first-order chi connectivity index (χ1) is 6.77. The van der Waals surface area contributed by atoms with Crippen molar-refractivity contribution in [3.8, 4) is 0 Å². The summed E-state index contributed by atoms with van der Waals surface area (Å²) in [4.78, 5) is 10.0. The van der Waals surface area contributed by atoms with Gasteiger partial charge in [0.2, 0.25) is 0 Å². The molecule has 0 aromatic carbocycles. The lowest BCUT2D eigenvalue weighted by Gasteiger charge is -2.01. The third-order valence-corrected chi connectivity index (χ3v) is 1.98. The molecule has 0 radical (unpaired) electrons. The van der Waals surface area contributed by atoms with Gasteiger partial charge in [0, 0.05) is 5.97 Å². The van der Waals surface area contributed by atoms with E-state index in [9.17, 15) is 9.90 Å². The number of hydrogen-bond donors (Lipinski definition) is 0. The van der Waals surface area contributed by atoms with Gasteiger partial charge in [-0.05, 0) is 12.8 Å². The van der Waals surface area contributed by atoms with Crippen LogP contribution in [0.4, 0.5) is 0 Å². The first kappa shape index (κ1) is 16.6. The van der Waals surface area contributed by atoms with Gasteiger partial charge in [-0.25, -0.2) is 0 Å². The van der Waals surface area contributed by atoms with Crippen molar-refractivity contribution < 1.29 is 9.90 Å². The molecule has 0 amide bonds. The van der Waals surface area contributed by atoms with E-state index in [2.05, 4.69) is 18.2 Å². The Bertz CT molecular complexity index is 121. The van der Waals surface area contributed by atoms with Crippen LogP contribution in [0.15, 0.2) is 0 Å². The number of aliphatic carboxylic acids is 1. The second-order valence-corrected chi connectivity index (χ2v) is 3.24. The molecule has 0 bridgehead atoms. The largest absolute Gasteiger partial charge is 0.550 e. The zero-order valence-electron chi connectivity index (χ0n) is 9.06. The molecule has 0 aliphatic rings. The average Bonchev–Trinajstić information content (AvgIpc) is 2.19. The summed E-state index contributed by atoms with van der Waals surface area (Å²) in [5, 5.41) is 10.0. The van der Waals surface area contributed by atoms with Crippen LogP contribution in [0.1, 0.15) is 58.3 Å². The summed E-state index contributed by atoms with van der Waals surface area (Å²) in [7, 11) is 1.33. The normalized spacial score (nSPS) is 9.29. The van der Waals surface area contributed by atoms with Gasteiger partial charge in [0.15, 0.2) is 0 Å². The van der Waals surface area contributed by atoms with E-state index in [4.69, 9.17) is 0 Å². The van der Waals surface area contributed by atoms with Crippen molar-refractivity contribution >= 4 is 25.8 Å². The van der Waals surface area contributed by atoms with Crippen LogP contribution >= 0.6 is 19.8 Å². The number of unbranched alkanes of at least 4 members (excludes halogenated alkanes) is 6. The molecule has 1 unspecified atom stereocenters. The molecule has 0 aliphatic carbocycles. The van der Waals surface area contributed by atoms with Crippen molar-refractivity contribution in [1.82, 2.24) is 0 Å². The molecule has 0 aromatic rings. The third-order valence-electron chi connectivity index (χ3n) is 1.98. The molecule has 0 saturated heterocycles. The second-order valence-electron chi connectivity index (χ2n) is 3.24. The van der Waals surface area contributed by atoms with E-state index in [-0.39, 0.29) is 6.42 Å². The Labute approximate surface area is 94.4 Å². The maximum absolute atomic E-state index is 10.0. The molecule has 86 valence electrons. The Kier molecular flexibility index (Phi) is 18.6. The molecule has 0 heterocycles. The van der Waals surface area contributed by atoms with Crippen molar-refractivity contribution in [2.24, 2.45) is 0 Å². The molecule has 14 heavy (non-hydrogen) atoms. The van der Waals surface area contributed by atoms with E-state index < -0.39 is 5.97 Å². The van der Waals surface area contributed by atoms with E-state index in [1.54, 1.807) is 0 Å². The highest BCUT2D eigenvalue weighted by molar-refractivity contribution is 7.52. The Morgan fingerprint density at radius 3 is 1.93 bits per heavy atom. The summed E-state index contributed by atoms with van der Waals surface area (Å²) in [5.74, 6) is -0.913. The summed E-state index contributed by atoms with van der Waals surface area (Å²) >= 11 is 4.67. The number of carboxylic acid groups (broad SMARTS) is 1. The molecule has 2 nitrogen and oxygen atoms in total. The van der Waals surface area contributed by atoms with Crippen LogP contribution in [-0.2, 0) is 4.79 Å². The number of halogens is 1. The zero-order chi connectivity index (χ0) is 11.2. The number of carbonyl (C=O) groups excluding carboxylic acids is 1. The SMILES string of the molecule is CCCCCCCCCC(=O)[O-].[PH3+]Cl. The van der Waals surface area contributed by atoms with Crippen molar-refractivity contribution in [2.45, 2.75) is 58.3 Å². The van der Waals surface area contributed by atoms with Gasteiger partial charge in [0.1, 0.15) is 0 Å². The van der Waals surface area contributed by atoms with Crippen LogP contribution in [0.3, 0.4) is 0 Å². The predicted octanol–water partition coefficient (Wildman–Crippen LogP) is 2.62. The molecule has 0 spiro atoms. The molecule has 0 aromatic heterocycles. The maximum atomic E-state index is 10.0. The molecule has 0 aliphatic heterocycles. The van der Waals surface area contributed by atoms with E-state index in [0.29, 0.717) is 0 Å². The molecule has 0 N–H and O–H groups in total. The van der Waals surface area contributed by atoms with Gasteiger partial charge < -0.3 is 9.90 Å².